The van der Waals surface area contributed by atoms with Crippen molar-refractivity contribution in [3.8, 4) is 6.01 Å². The molecule has 13 nitrogen and oxygen atoms in total. The van der Waals surface area contributed by atoms with E-state index in [1.807, 2.05) is 0 Å². The van der Waals surface area contributed by atoms with Crippen LogP contribution >= 0.6 is 0 Å². The number of carbonyl (C=O) groups excluding carboxylic acids is 2. The quantitative estimate of drug-likeness (QED) is 0.198. The van der Waals surface area contributed by atoms with E-state index in [9.17, 15) is 19.2 Å². The maximum absolute atomic E-state index is 11.2. The number of aromatic nitrogens is 2. The van der Waals surface area contributed by atoms with Gasteiger partial charge in [0.25, 0.3) is 0 Å². The molecule has 0 aromatic carbocycles. The van der Waals surface area contributed by atoms with Crippen LogP contribution in [0.2, 0.25) is 0 Å². The van der Waals surface area contributed by atoms with E-state index < -0.39 is 31.2 Å². The average Bonchev–Trinajstić information content (AvgIpc) is 3.00. The molecule has 0 fully saturated rings. The van der Waals surface area contributed by atoms with Crippen LogP contribution in [0.3, 0.4) is 0 Å². The van der Waals surface area contributed by atoms with Gasteiger partial charge in [-0.2, -0.15) is 9.13 Å². The highest BCUT2D eigenvalue weighted by Crippen LogP contribution is 2.09. The number of aryl methyl sites for hydroxylation is 1. The van der Waals surface area contributed by atoms with Crippen molar-refractivity contribution in [3.63, 3.8) is 0 Å². The molecule has 0 bridgehead atoms. The lowest BCUT2D eigenvalue weighted by Gasteiger charge is -2.11. The molecule has 14 heteroatoms. The lowest BCUT2D eigenvalue weighted by atomic mass is 10.2. The van der Waals surface area contributed by atoms with Crippen LogP contribution in [0, 0.1) is 0 Å². The van der Waals surface area contributed by atoms with Gasteiger partial charge in [-0.3, -0.25) is 0 Å². The molecule has 1 rings (SSSR count). The van der Waals surface area contributed by atoms with Crippen molar-refractivity contribution in [2.24, 2.45) is 0 Å². The molecular weight excluding hydrogens is 371 g/mol. The molecule has 0 saturated carbocycles. The molecule has 0 atom stereocenters. The molecule has 0 unspecified atom stereocenters. The summed E-state index contributed by atoms with van der Waals surface area (Å²) in [4.78, 5) is 43.7. The summed E-state index contributed by atoms with van der Waals surface area (Å²) in [7, 11) is -0.751. The van der Waals surface area contributed by atoms with E-state index in [2.05, 4.69) is 9.31 Å². The van der Waals surface area contributed by atoms with Crippen LogP contribution in [0.15, 0.2) is 12.4 Å². The summed E-state index contributed by atoms with van der Waals surface area (Å²) in [5, 5.41) is 17.2. The first-order valence-corrected chi connectivity index (χ1v) is 7.49. The van der Waals surface area contributed by atoms with Crippen molar-refractivity contribution < 1.29 is 57.4 Å². The fourth-order valence-electron chi connectivity index (χ4n) is 1.67. The molecule has 0 aliphatic heterocycles. The van der Waals surface area contributed by atoms with Crippen molar-refractivity contribution in [2.75, 3.05) is 20.3 Å². The summed E-state index contributed by atoms with van der Waals surface area (Å²) in [6, 6.07) is -0.0451. The second-order valence-electron chi connectivity index (χ2n) is 4.69. The molecule has 0 spiro atoms. The maximum Gasteiger partial charge on any atom is 0.873 e. The second-order valence-corrected chi connectivity index (χ2v) is 4.69. The summed E-state index contributed by atoms with van der Waals surface area (Å²) >= 11 is 0. The van der Waals surface area contributed by atoms with Crippen molar-refractivity contribution >= 4 is 31.2 Å². The van der Waals surface area contributed by atoms with Crippen molar-refractivity contribution in [3.05, 3.63) is 12.4 Å². The third kappa shape index (κ3) is 6.95. The van der Waals surface area contributed by atoms with Gasteiger partial charge in [-0.1, -0.05) is 0 Å². The first-order valence-electron chi connectivity index (χ1n) is 7.49. The highest BCUT2D eigenvalue weighted by molar-refractivity contribution is 6.50. The summed E-state index contributed by atoms with van der Waals surface area (Å²) < 4.78 is 26.9. The Morgan fingerprint density at radius 2 is 1.70 bits per heavy atom. The van der Waals surface area contributed by atoms with Crippen LogP contribution in [0.5, 0.6) is 6.01 Å². The summed E-state index contributed by atoms with van der Waals surface area (Å²) in [6.07, 6.45) is 3.09. The van der Waals surface area contributed by atoms with Crippen molar-refractivity contribution in [1.29, 1.82) is 0 Å². The summed E-state index contributed by atoms with van der Waals surface area (Å²) in [6.45, 7) is 2.67. The fraction of sp³-hybridized carbons (Fsp3) is 0.462. The Morgan fingerprint density at radius 1 is 1.11 bits per heavy atom. The molecule has 1 aromatic heterocycles. The molecule has 1 aromatic rings. The van der Waals surface area contributed by atoms with Gasteiger partial charge in [-0.05, 0) is 6.92 Å². The minimum atomic E-state index is -2.25. The maximum atomic E-state index is 11.2. The number of hydrogen-bond acceptors (Lipinski definition) is 9. The average molecular weight is 389 g/mol. The standard InChI is InChI=1S/C13H17BN2O11/c1-3-15-4-5-16(8-24-7-6-23-2)13(15)27-14(25-11(21)9(17)18)26-12(22)10(19)20/h4-5H,3,6-8H2,1-2H3,(H-,17,18,19,20)/p+1. The zero-order valence-corrected chi connectivity index (χ0v) is 14.5. The Hall–Kier alpha value is -3.13. The zero-order chi connectivity index (χ0) is 20.4. The molecular formula is C13H18BN2O11+. The SMILES string of the molecule is CCn1cc[n+](COCCOC)c1OB(OC(=O)C(=O)O)OC(=O)C(=O)O. The highest BCUT2D eigenvalue weighted by Gasteiger charge is 2.42. The Balaban J connectivity index is 2.98. The Bertz CT molecular complexity index is 662. The molecule has 0 amide bonds. The van der Waals surface area contributed by atoms with Crippen LogP contribution in [-0.4, -0.2) is 66.3 Å². The van der Waals surface area contributed by atoms with Gasteiger partial charge in [0.2, 0.25) is 0 Å². The number of carboxylic acid groups (broad SMARTS) is 2. The van der Waals surface area contributed by atoms with Crippen LogP contribution in [0.4, 0.5) is 0 Å². The lowest BCUT2D eigenvalue weighted by Crippen LogP contribution is -2.44. The topological polar surface area (TPSA) is 164 Å². The monoisotopic (exact) mass is 389 g/mol. The van der Waals surface area contributed by atoms with Gasteiger partial charge >= 0.3 is 37.2 Å². The van der Waals surface area contributed by atoms with E-state index in [1.165, 1.54) is 22.4 Å². The third-order valence-electron chi connectivity index (χ3n) is 2.88. The van der Waals surface area contributed by atoms with E-state index >= 15 is 0 Å². The number of nitrogens with zero attached hydrogens (tertiary/aromatic N) is 2. The second kappa shape index (κ2) is 10.8. The van der Waals surface area contributed by atoms with Crippen molar-refractivity contribution in [1.82, 2.24) is 4.57 Å². The number of carbonyl (C=O) groups is 4. The minimum absolute atomic E-state index is 0.0296. The van der Waals surface area contributed by atoms with E-state index in [4.69, 9.17) is 24.3 Å². The predicted octanol–water partition coefficient (Wildman–Crippen LogP) is -1.96. The van der Waals surface area contributed by atoms with E-state index in [1.54, 1.807) is 13.1 Å². The lowest BCUT2D eigenvalue weighted by molar-refractivity contribution is -0.734. The number of ether oxygens (including phenoxy) is 2. The van der Waals surface area contributed by atoms with Crippen LogP contribution in [-0.2, 0) is 51.2 Å². The number of rotatable bonds is 10. The first-order chi connectivity index (χ1) is 12.8. The number of imidazole rings is 1. The minimum Gasteiger partial charge on any atom is -0.473 e. The molecule has 0 aliphatic carbocycles. The number of hydrogen-bond donors (Lipinski definition) is 2. The molecule has 0 aliphatic rings. The summed E-state index contributed by atoms with van der Waals surface area (Å²) in [5.41, 5.74) is 0. The van der Waals surface area contributed by atoms with E-state index in [0.717, 1.165) is 0 Å². The predicted molar refractivity (Wildman–Crippen MR) is 82.0 cm³/mol. The van der Waals surface area contributed by atoms with Crippen LogP contribution < -0.4 is 9.22 Å². The van der Waals surface area contributed by atoms with Crippen molar-refractivity contribution in [2.45, 2.75) is 20.2 Å². The van der Waals surface area contributed by atoms with E-state index in [0.29, 0.717) is 13.2 Å². The summed E-state index contributed by atoms with van der Waals surface area (Å²) in [5.74, 6) is -7.60. The van der Waals surface area contributed by atoms with Gasteiger partial charge in [0.05, 0.1) is 19.8 Å². The fourth-order valence-corrected chi connectivity index (χ4v) is 1.67. The third-order valence-corrected chi connectivity index (χ3v) is 2.88. The van der Waals surface area contributed by atoms with Gasteiger partial charge in [-0.25, -0.2) is 19.2 Å². The highest BCUT2D eigenvalue weighted by atomic mass is 16.8. The van der Waals surface area contributed by atoms with Gasteiger partial charge < -0.3 is 33.6 Å². The smallest absolute Gasteiger partial charge is 0.473 e. The molecule has 2 N–H and O–H groups in total. The number of aliphatic carboxylic acids is 2. The van der Waals surface area contributed by atoms with Crippen LogP contribution in [0.1, 0.15) is 6.92 Å². The van der Waals surface area contributed by atoms with Gasteiger partial charge in [0.15, 0.2) is 6.73 Å². The van der Waals surface area contributed by atoms with Gasteiger partial charge in [0.1, 0.15) is 12.4 Å². The molecule has 1 heterocycles. The largest absolute Gasteiger partial charge is 0.873 e. The molecule has 27 heavy (non-hydrogen) atoms. The number of methoxy groups -OCH3 is 1. The zero-order valence-electron chi connectivity index (χ0n) is 14.5. The molecule has 148 valence electrons. The normalized spacial score (nSPS) is 10.1. The van der Waals surface area contributed by atoms with Gasteiger partial charge in [-0.15, -0.1) is 0 Å². The number of carboxylic acids is 2. The Labute approximate surface area is 153 Å². The Morgan fingerprint density at radius 3 is 2.19 bits per heavy atom. The molecule has 0 saturated heterocycles. The van der Waals surface area contributed by atoms with Gasteiger partial charge in [0, 0.05) is 7.11 Å². The van der Waals surface area contributed by atoms with E-state index in [-0.39, 0.29) is 19.3 Å². The Kier molecular flexibility index (Phi) is 8.75. The first kappa shape index (κ1) is 21.9. The van der Waals surface area contributed by atoms with Crippen LogP contribution in [0.25, 0.3) is 0 Å². The molecule has 0 radical (unpaired) electrons.